The molecule has 0 saturated heterocycles. The average molecular weight is 247 g/mol. The molecule has 4 nitrogen and oxygen atoms in total. The summed E-state index contributed by atoms with van der Waals surface area (Å²) in [5.41, 5.74) is 1.14. The number of aromatic nitrogens is 1. The van der Waals surface area contributed by atoms with Crippen LogP contribution >= 0.6 is 0 Å². The molecule has 0 amide bonds. The lowest BCUT2D eigenvalue weighted by atomic mass is 9.94. The number of Topliss-reactive ketones (excluding diaryl/α,β-unsaturated/α-hetero) is 2. The minimum absolute atomic E-state index is 0.0172. The molecule has 0 fully saturated rings. The van der Waals surface area contributed by atoms with Crippen LogP contribution in [-0.4, -0.2) is 16.1 Å². The van der Waals surface area contributed by atoms with Gasteiger partial charge in [-0.15, -0.1) is 0 Å². The molecule has 0 atom stereocenters. The molecule has 18 heavy (non-hydrogen) atoms. The molecule has 0 unspecified atom stereocenters. The normalized spacial score (nSPS) is 14.7. The molecule has 0 aromatic carbocycles. The van der Waals surface area contributed by atoms with Crippen molar-refractivity contribution in [1.29, 1.82) is 0 Å². The second-order valence-electron chi connectivity index (χ2n) is 5.02. The van der Waals surface area contributed by atoms with Crippen LogP contribution in [0.5, 0.6) is 0 Å². The van der Waals surface area contributed by atoms with Crippen LogP contribution < -0.4 is 5.56 Å². The van der Waals surface area contributed by atoms with E-state index in [1.54, 1.807) is 6.07 Å². The standard InChI is InChI=1S/C14H17NO3/c1-9(2)13(17)8-15-11-4-3-5-12(16)10(11)6-7-14(15)18/h6-7,9H,3-5,8H2,1-2H3. The van der Waals surface area contributed by atoms with E-state index in [2.05, 4.69) is 0 Å². The van der Waals surface area contributed by atoms with Crippen LogP contribution in [0.3, 0.4) is 0 Å². The number of fused-ring (bicyclic) bond motifs is 1. The summed E-state index contributed by atoms with van der Waals surface area (Å²) in [6.45, 7) is 3.70. The number of nitrogens with zero attached hydrogens (tertiary/aromatic N) is 1. The van der Waals surface area contributed by atoms with E-state index in [1.165, 1.54) is 10.6 Å². The highest BCUT2D eigenvalue weighted by molar-refractivity contribution is 5.98. The summed E-state index contributed by atoms with van der Waals surface area (Å²) in [6.07, 6.45) is 1.98. The van der Waals surface area contributed by atoms with E-state index in [9.17, 15) is 14.4 Å². The maximum Gasteiger partial charge on any atom is 0.251 e. The first-order valence-electron chi connectivity index (χ1n) is 6.29. The Hall–Kier alpha value is -1.71. The van der Waals surface area contributed by atoms with Gasteiger partial charge in [-0.2, -0.15) is 0 Å². The molecule has 0 N–H and O–H groups in total. The number of rotatable bonds is 3. The maximum absolute atomic E-state index is 11.9. The Labute approximate surface area is 106 Å². The predicted octanol–water partition coefficient (Wildman–Crippen LogP) is 1.59. The molecular weight excluding hydrogens is 230 g/mol. The molecule has 0 aliphatic heterocycles. The highest BCUT2D eigenvalue weighted by atomic mass is 16.1. The Morgan fingerprint density at radius 1 is 1.28 bits per heavy atom. The van der Waals surface area contributed by atoms with Crippen molar-refractivity contribution < 1.29 is 9.59 Å². The van der Waals surface area contributed by atoms with Gasteiger partial charge in [-0.05, 0) is 18.9 Å². The van der Waals surface area contributed by atoms with Gasteiger partial charge in [-0.25, -0.2) is 0 Å². The average Bonchev–Trinajstić information content (AvgIpc) is 2.32. The summed E-state index contributed by atoms with van der Waals surface area (Å²) in [5, 5.41) is 0. The van der Waals surface area contributed by atoms with E-state index in [0.29, 0.717) is 18.4 Å². The van der Waals surface area contributed by atoms with Crippen molar-refractivity contribution in [2.45, 2.75) is 39.7 Å². The zero-order valence-electron chi connectivity index (χ0n) is 10.7. The van der Waals surface area contributed by atoms with Gasteiger partial charge in [0.15, 0.2) is 11.6 Å². The lowest BCUT2D eigenvalue weighted by Crippen LogP contribution is -2.31. The van der Waals surface area contributed by atoms with Gasteiger partial charge in [-0.1, -0.05) is 13.8 Å². The van der Waals surface area contributed by atoms with Crippen LogP contribution in [0.2, 0.25) is 0 Å². The monoisotopic (exact) mass is 247 g/mol. The van der Waals surface area contributed by atoms with Crippen LogP contribution in [0.15, 0.2) is 16.9 Å². The van der Waals surface area contributed by atoms with Crippen molar-refractivity contribution in [3.05, 3.63) is 33.7 Å². The zero-order chi connectivity index (χ0) is 13.3. The van der Waals surface area contributed by atoms with Gasteiger partial charge in [0.1, 0.15) is 0 Å². The van der Waals surface area contributed by atoms with Crippen LogP contribution in [0, 0.1) is 5.92 Å². The molecule has 1 aromatic heterocycles. The van der Waals surface area contributed by atoms with Crippen molar-refractivity contribution in [3.63, 3.8) is 0 Å². The lowest BCUT2D eigenvalue weighted by Gasteiger charge is -2.20. The Morgan fingerprint density at radius 2 is 2.00 bits per heavy atom. The Bertz CT molecular complexity index is 555. The van der Waals surface area contributed by atoms with Crippen molar-refractivity contribution >= 4 is 11.6 Å². The second kappa shape index (κ2) is 4.88. The quantitative estimate of drug-likeness (QED) is 0.815. The summed E-state index contributed by atoms with van der Waals surface area (Å²) in [7, 11) is 0. The van der Waals surface area contributed by atoms with E-state index < -0.39 is 0 Å². The van der Waals surface area contributed by atoms with Gasteiger partial charge in [-0.3, -0.25) is 14.4 Å². The van der Waals surface area contributed by atoms with E-state index >= 15 is 0 Å². The molecule has 2 rings (SSSR count). The minimum atomic E-state index is -0.197. The van der Waals surface area contributed by atoms with E-state index in [0.717, 1.165) is 12.1 Å². The van der Waals surface area contributed by atoms with E-state index in [-0.39, 0.29) is 29.6 Å². The highest BCUT2D eigenvalue weighted by Gasteiger charge is 2.22. The number of ketones is 2. The largest absolute Gasteiger partial charge is 0.304 e. The molecule has 0 spiro atoms. The fourth-order valence-electron chi connectivity index (χ4n) is 2.21. The van der Waals surface area contributed by atoms with Crippen LogP contribution in [0.4, 0.5) is 0 Å². The third-order valence-electron chi connectivity index (χ3n) is 3.37. The second-order valence-corrected chi connectivity index (χ2v) is 5.02. The van der Waals surface area contributed by atoms with Gasteiger partial charge < -0.3 is 4.57 Å². The smallest absolute Gasteiger partial charge is 0.251 e. The van der Waals surface area contributed by atoms with Gasteiger partial charge in [0.25, 0.3) is 5.56 Å². The maximum atomic E-state index is 11.9. The highest BCUT2D eigenvalue weighted by Crippen LogP contribution is 2.19. The van der Waals surface area contributed by atoms with E-state index in [4.69, 9.17) is 0 Å². The number of carbonyl (C=O) groups excluding carboxylic acids is 2. The van der Waals surface area contributed by atoms with Gasteiger partial charge in [0.2, 0.25) is 0 Å². The van der Waals surface area contributed by atoms with Crippen molar-refractivity contribution in [2.24, 2.45) is 5.92 Å². The number of hydrogen-bond donors (Lipinski definition) is 0. The summed E-state index contributed by atoms with van der Waals surface area (Å²) < 4.78 is 1.47. The Balaban J connectivity index is 2.46. The molecule has 0 bridgehead atoms. The lowest BCUT2D eigenvalue weighted by molar-refractivity contribution is -0.122. The molecule has 1 aliphatic carbocycles. The van der Waals surface area contributed by atoms with Crippen molar-refractivity contribution in [2.75, 3.05) is 0 Å². The summed E-state index contributed by atoms with van der Waals surface area (Å²) in [5.74, 6) is -0.0161. The first-order valence-corrected chi connectivity index (χ1v) is 6.29. The van der Waals surface area contributed by atoms with Gasteiger partial charge in [0.05, 0.1) is 6.54 Å². The number of pyridine rings is 1. The van der Waals surface area contributed by atoms with Crippen LogP contribution in [-0.2, 0) is 17.8 Å². The predicted molar refractivity (Wildman–Crippen MR) is 67.8 cm³/mol. The van der Waals surface area contributed by atoms with E-state index in [1.807, 2.05) is 13.8 Å². The SMILES string of the molecule is CC(C)C(=O)Cn1c2c(ccc1=O)C(=O)CCC2. The Morgan fingerprint density at radius 3 is 2.67 bits per heavy atom. The molecular formula is C14H17NO3. The zero-order valence-corrected chi connectivity index (χ0v) is 10.7. The number of hydrogen-bond acceptors (Lipinski definition) is 3. The topological polar surface area (TPSA) is 56.1 Å². The van der Waals surface area contributed by atoms with Gasteiger partial charge >= 0.3 is 0 Å². The molecule has 1 aliphatic rings. The molecule has 96 valence electrons. The Kier molecular flexibility index (Phi) is 3.45. The van der Waals surface area contributed by atoms with Crippen molar-refractivity contribution in [3.8, 4) is 0 Å². The molecule has 0 saturated carbocycles. The molecule has 1 heterocycles. The van der Waals surface area contributed by atoms with Crippen LogP contribution in [0.1, 0.15) is 42.7 Å². The fourth-order valence-corrected chi connectivity index (χ4v) is 2.21. The first-order chi connectivity index (χ1) is 8.50. The molecule has 1 aromatic rings. The third kappa shape index (κ3) is 2.28. The van der Waals surface area contributed by atoms with Crippen molar-refractivity contribution in [1.82, 2.24) is 4.57 Å². The fraction of sp³-hybridized carbons (Fsp3) is 0.500. The third-order valence-corrected chi connectivity index (χ3v) is 3.37. The first kappa shape index (κ1) is 12.7. The van der Waals surface area contributed by atoms with Crippen LogP contribution in [0.25, 0.3) is 0 Å². The summed E-state index contributed by atoms with van der Waals surface area (Å²) in [6, 6.07) is 2.98. The number of carbonyl (C=O) groups is 2. The molecule has 4 heteroatoms. The summed E-state index contributed by atoms with van der Waals surface area (Å²) >= 11 is 0. The minimum Gasteiger partial charge on any atom is -0.304 e. The molecule has 0 radical (unpaired) electrons. The van der Waals surface area contributed by atoms with Gasteiger partial charge in [0, 0.05) is 29.7 Å². The summed E-state index contributed by atoms with van der Waals surface area (Å²) in [4.78, 5) is 35.4.